The molecular weight excluding hydrogens is 369 g/mol. The summed E-state index contributed by atoms with van der Waals surface area (Å²) in [5, 5.41) is 3.20. The number of anilines is 1. The number of carbonyl (C=O) groups is 1. The van der Waals surface area contributed by atoms with Crippen molar-refractivity contribution in [2.45, 2.75) is 45.3 Å². The van der Waals surface area contributed by atoms with E-state index >= 15 is 0 Å². The number of nitrogens with one attached hydrogen (secondary N) is 1. The van der Waals surface area contributed by atoms with Gasteiger partial charge in [0.1, 0.15) is 5.82 Å². The molecule has 156 valence electrons. The smallest absolute Gasteiger partial charge is 0.354 e. The molecule has 2 fully saturated rings. The maximum atomic E-state index is 12.7. The second-order valence-electron chi connectivity index (χ2n) is 8.11. The highest BCUT2D eigenvalue weighted by atomic mass is 19.4. The number of piperazine rings is 1. The molecule has 28 heavy (non-hydrogen) atoms. The average molecular weight is 398 g/mol. The van der Waals surface area contributed by atoms with Crippen LogP contribution in [0.2, 0.25) is 0 Å². The van der Waals surface area contributed by atoms with Gasteiger partial charge in [0.2, 0.25) is 5.91 Å². The van der Waals surface area contributed by atoms with Crippen LogP contribution in [0.25, 0.3) is 0 Å². The number of halogens is 3. The molecule has 2 heterocycles. The molecule has 5 nitrogen and oxygen atoms in total. The second kappa shape index (κ2) is 8.68. The summed E-state index contributed by atoms with van der Waals surface area (Å²) < 4.78 is 38.0. The lowest BCUT2D eigenvalue weighted by atomic mass is 9.78. The van der Waals surface area contributed by atoms with E-state index in [-0.39, 0.29) is 11.9 Å². The van der Waals surface area contributed by atoms with Gasteiger partial charge < -0.3 is 10.2 Å². The highest BCUT2D eigenvalue weighted by Gasteiger charge is 2.31. The number of hydrogen-bond donors (Lipinski definition) is 1. The van der Waals surface area contributed by atoms with Gasteiger partial charge in [0.05, 0.1) is 12.1 Å². The number of pyridine rings is 1. The van der Waals surface area contributed by atoms with Crippen molar-refractivity contribution in [1.82, 2.24) is 15.2 Å². The van der Waals surface area contributed by atoms with Crippen LogP contribution in [0.4, 0.5) is 19.0 Å². The number of alkyl halides is 3. The minimum atomic E-state index is -4.37. The van der Waals surface area contributed by atoms with E-state index in [1.807, 2.05) is 4.90 Å². The summed E-state index contributed by atoms with van der Waals surface area (Å²) in [4.78, 5) is 20.4. The van der Waals surface area contributed by atoms with Crippen molar-refractivity contribution >= 4 is 11.7 Å². The fraction of sp³-hybridized carbons (Fsp3) is 0.700. The van der Waals surface area contributed by atoms with Gasteiger partial charge in [-0.05, 0) is 30.4 Å². The number of hydrogen-bond acceptors (Lipinski definition) is 4. The van der Waals surface area contributed by atoms with Gasteiger partial charge in [0.15, 0.2) is 0 Å². The number of amides is 1. The van der Waals surface area contributed by atoms with E-state index in [9.17, 15) is 18.0 Å². The fourth-order valence-electron chi connectivity index (χ4n) is 4.12. The van der Waals surface area contributed by atoms with Crippen molar-refractivity contribution in [3.63, 3.8) is 0 Å². The van der Waals surface area contributed by atoms with Crippen LogP contribution >= 0.6 is 0 Å². The monoisotopic (exact) mass is 398 g/mol. The molecule has 1 aromatic rings. The first-order valence-corrected chi connectivity index (χ1v) is 10.0. The number of nitrogens with zero attached hydrogens (tertiary/aromatic N) is 3. The Bertz CT molecular complexity index is 656. The van der Waals surface area contributed by atoms with Crippen molar-refractivity contribution < 1.29 is 18.0 Å². The molecule has 0 spiro atoms. The minimum absolute atomic E-state index is 0.0621. The predicted octanol–water partition coefficient (Wildman–Crippen LogP) is 3.16. The molecule has 1 saturated carbocycles. The summed E-state index contributed by atoms with van der Waals surface area (Å²) in [7, 11) is 0. The lowest BCUT2D eigenvalue weighted by Gasteiger charge is -2.37. The number of rotatable bonds is 4. The first-order valence-electron chi connectivity index (χ1n) is 10.0. The maximum absolute atomic E-state index is 12.7. The zero-order valence-corrected chi connectivity index (χ0v) is 16.5. The highest BCUT2D eigenvalue weighted by molar-refractivity contribution is 5.78. The van der Waals surface area contributed by atoms with Crippen LogP contribution in [0.15, 0.2) is 18.3 Å². The quantitative estimate of drug-likeness (QED) is 0.847. The summed E-state index contributed by atoms with van der Waals surface area (Å²) in [5.41, 5.74) is -0.738. The molecule has 0 unspecified atom stereocenters. The van der Waals surface area contributed by atoms with E-state index < -0.39 is 11.7 Å². The molecule has 0 bridgehead atoms. The molecule has 2 aliphatic rings. The van der Waals surface area contributed by atoms with Gasteiger partial charge in [-0.15, -0.1) is 0 Å². The molecule has 1 aromatic heterocycles. The number of aromatic nitrogens is 1. The lowest BCUT2D eigenvalue weighted by Crippen LogP contribution is -2.52. The highest BCUT2D eigenvalue weighted by Crippen LogP contribution is 2.30. The Morgan fingerprint density at radius 2 is 1.89 bits per heavy atom. The molecule has 1 amide bonds. The van der Waals surface area contributed by atoms with Gasteiger partial charge in [-0.2, -0.15) is 13.2 Å². The number of carbonyl (C=O) groups excluding carboxylic acids is 1. The Hall–Kier alpha value is -1.83. The van der Waals surface area contributed by atoms with Gasteiger partial charge >= 0.3 is 6.18 Å². The summed E-state index contributed by atoms with van der Waals surface area (Å²) in [5.74, 6) is 1.74. The van der Waals surface area contributed by atoms with Gasteiger partial charge in [-0.25, -0.2) is 4.98 Å². The van der Waals surface area contributed by atoms with Gasteiger partial charge in [0.25, 0.3) is 0 Å². The minimum Gasteiger partial charge on any atom is -0.354 e. The van der Waals surface area contributed by atoms with Crippen LogP contribution in [-0.4, -0.2) is 54.6 Å². The van der Waals surface area contributed by atoms with Gasteiger partial charge in [0, 0.05) is 38.4 Å². The standard InChI is InChI=1S/C20H29F3N4O/c1-14-4-3-5-17(15(14)2)25-19(28)13-26-8-10-27(11-9-26)18-7-6-16(12-24-18)20(21,22)23/h6-7,12,14-15,17H,3-5,8-11,13H2,1-2H3,(H,25,28)/t14-,15-,17-/m1/s1. The Morgan fingerprint density at radius 1 is 1.18 bits per heavy atom. The second-order valence-corrected chi connectivity index (χ2v) is 8.11. The molecule has 0 radical (unpaired) electrons. The molecule has 1 aliphatic heterocycles. The summed E-state index contributed by atoms with van der Waals surface area (Å²) in [6.07, 6.45) is -0.0555. The van der Waals surface area contributed by atoms with Crippen molar-refractivity contribution in [2.75, 3.05) is 37.6 Å². The maximum Gasteiger partial charge on any atom is 0.417 e. The van der Waals surface area contributed by atoms with Crippen molar-refractivity contribution in [3.8, 4) is 0 Å². The molecule has 0 aromatic carbocycles. The van der Waals surface area contributed by atoms with E-state index in [4.69, 9.17) is 0 Å². The third-order valence-electron chi connectivity index (χ3n) is 6.19. The molecular formula is C20H29F3N4O. The fourth-order valence-corrected chi connectivity index (χ4v) is 4.12. The molecule has 1 N–H and O–H groups in total. The van der Waals surface area contributed by atoms with Crippen LogP contribution in [0.3, 0.4) is 0 Å². The van der Waals surface area contributed by atoms with E-state index in [1.165, 1.54) is 12.5 Å². The molecule has 1 aliphatic carbocycles. The third-order valence-corrected chi connectivity index (χ3v) is 6.19. The molecule has 3 rings (SSSR count). The van der Waals surface area contributed by atoms with E-state index in [0.29, 0.717) is 50.4 Å². The van der Waals surface area contributed by atoms with Crippen LogP contribution in [0.5, 0.6) is 0 Å². The summed E-state index contributed by atoms with van der Waals surface area (Å²) >= 11 is 0. The Morgan fingerprint density at radius 3 is 2.50 bits per heavy atom. The Labute approximate surface area is 164 Å². The predicted molar refractivity (Wildman–Crippen MR) is 102 cm³/mol. The zero-order valence-electron chi connectivity index (χ0n) is 16.5. The Kier molecular flexibility index (Phi) is 6.47. The third kappa shape index (κ3) is 5.16. The van der Waals surface area contributed by atoms with E-state index in [0.717, 1.165) is 25.1 Å². The molecule has 3 atom stereocenters. The van der Waals surface area contributed by atoms with Crippen molar-refractivity contribution in [3.05, 3.63) is 23.9 Å². The van der Waals surface area contributed by atoms with Crippen LogP contribution in [0.1, 0.15) is 38.7 Å². The largest absolute Gasteiger partial charge is 0.417 e. The van der Waals surface area contributed by atoms with E-state index in [2.05, 4.69) is 29.0 Å². The normalized spacial score (nSPS) is 26.9. The summed E-state index contributed by atoms with van der Waals surface area (Å²) in [6.45, 7) is 7.48. The van der Waals surface area contributed by atoms with Gasteiger partial charge in [-0.1, -0.05) is 26.7 Å². The van der Waals surface area contributed by atoms with Crippen LogP contribution < -0.4 is 10.2 Å². The summed E-state index contributed by atoms with van der Waals surface area (Å²) in [6, 6.07) is 2.74. The zero-order chi connectivity index (χ0) is 20.3. The van der Waals surface area contributed by atoms with Gasteiger partial charge in [-0.3, -0.25) is 9.69 Å². The first-order chi connectivity index (χ1) is 13.2. The average Bonchev–Trinajstić information content (AvgIpc) is 2.65. The topological polar surface area (TPSA) is 48.5 Å². The first kappa shape index (κ1) is 20.9. The van der Waals surface area contributed by atoms with Crippen LogP contribution in [0, 0.1) is 11.8 Å². The molecule has 8 heteroatoms. The Balaban J connectivity index is 1.45. The SMILES string of the molecule is C[C@@H]1[C@H](C)CCC[C@H]1NC(=O)CN1CCN(c2ccc(C(F)(F)F)cn2)CC1. The van der Waals surface area contributed by atoms with Crippen molar-refractivity contribution in [1.29, 1.82) is 0 Å². The van der Waals surface area contributed by atoms with Crippen LogP contribution in [-0.2, 0) is 11.0 Å². The van der Waals surface area contributed by atoms with Crippen molar-refractivity contribution in [2.24, 2.45) is 11.8 Å². The lowest BCUT2D eigenvalue weighted by molar-refractivity contribution is -0.137. The van der Waals surface area contributed by atoms with E-state index in [1.54, 1.807) is 0 Å². The molecule has 1 saturated heterocycles.